The number of fused-ring (bicyclic) bond motifs is 1. The summed E-state index contributed by atoms with van der Waals surface area (Å²) in [5, 5.41) is 5.51. The van der Waals surface area contributed by atoms with Gasteiger partial charge in [-0.2, -0.15) is 0 Å². The van der Waals surface area contributed by atoms with Gasteiger partial charge < -0.3 is 11.1 Å². The Morgan fingerprint density at radius 3 is 2.52 bits per heavy atom. The lowest BCUT2D eigenvalue weighted by atomic mass is 10.1. The number of rotatable bonds is 2. The quantitative estimate of drug-likeness (QED) is 0.692. The summed E-state index contributed by atoms with van der Waals surface area (Å²) in [5.74, 6) is -0.273. The van der Waals surface area contributed by atoms with Gasteiger partial charge in [0.05, 0.1) is 5.56 Å². The van der Waals surface area contributed by atoms with E-state index in [0.717, 1.165) is 16.5 Å². The highest BCUT2D eigenvalue weighted by Crippen LogP contribution is 2.22. The molecule has 0 saturated heterocycles. The van der Waals surface area contributed by atoms with Crippen molar-refractivity contribution < 1.29 is 4.79 Å². The van der Waals surface area contributed by atoms with Crippen molar-refractivity contribution >= 4 is 39.7 Å². The molecule has 0 aromatic heterocycles. The number of amides is 1. The molecule has 0 aliphatic heterocycles. The maximum atomic E-state index is 12.3. The second kappa shape index (κ2) is 5.46. The summed E-state index contributed by atoms with van der Waals surface area (Å²) in [7, 11) is 0. The smallest absolute Gasteiger partial charge is 0.257 e. The van der Waals surface area contributed by atoms with Crippen molar-refractivity contribution in [2.75, 3.05) is 11.1 Å². The first-order valence-corrected chi connectivity index (χ1v) is 6.86. The number of nitrogens with one attached hydrogen (secondary N) is 1. The average Bonchev–Trinajstić information content (AvgIpc) is 2.49. The molecular weight excluding hydrogens is 284 g/mol. The van der Waals surface area contributed by atoms with Crippen LogP contribution >= 0.6 is 11.6 Å². The number of hydrogen-bond donors (Lipinski definition) is 2. The Morgan fingerprint density at radius 2 is 1.71 bits per heavy atom. The largest absolute Gasteiger partial charge is 0.398 e. The number of carbonyl (C=O) groups is 1. The summed E-state index contributed by atoms with van der Waals surface area (Å²) in [5.41, 5.74) is 7.31. The zero-order valence-corrected chi connectivity index (χ0v) is 11.9. The molecule has 21 heavy (non-hydrogen) atoms. The van der Waals surface area contributed by atoms with E-state index in [4.69, 9.17) is 17.3 Å². The number of nitrogens with two attached hydrogens (primary N) is 1. The highest BCUT2D eigenvalue weighted by atomic mass is 35.5. The lowest BCUT2D eigenvalue weighted by Gasteiger charge is -2.09. The minimum absolute atomic E-state index is 0.273. The van der Waals surface area contributed by atoms with E-state index in [0.29, 0.717) is 16.3 Å². The zero-order chi connectivity index (χ0) is 14.8. The molecule has 3 aromatic carbocycles. The average molecular weight is 297 g/mol. The maximum Gasteiger partial charge on any atom is 0.257 e. The Labute approximate surface area is 127 Å². The van der Waals surface area contributed by atoms with Gasteiger partial charge in [0.25, 0.3) is 5.91 Å². The molecule has 0 radical (unpaired) electrons. The van der Waals surface area contributed by atoms with Crippen molar-refractivity contribution in [1.82, 2.24) is 0 Å². The first-order valence-electron chi connectivity index (χ1n) is 6.49. The van der Waals surface area contributed by atoms with Gasteiger partial charge in [-0.25, -0.2) is 0 Å². The third kappa shape index (κ3) is 2.83. The molecule has 0 spiro atoms. The molecule has 0 aliphatic carbocycles. The Balaban J connectivity index is 1.90. The summed E-state index contributed by atoms with van der Waals surface area (Å²) in [4.78, 5) is 12.3. The van der Waals surface area contributed by atoms with Crippen LogP contribution in [0.5, 0.6) is 0 Å². The molecule has 0 bridgehead atoms. The fraction of sp³-hybridized carbons (Fsp3) is 0. The van der Waals surface area contributed by atoms with Crippen molar-refractivity contribution in [3.8, 4) is 0 Å². The van der Waals surface area contributed by atoms with Crippen molar-refractivity contribution in [1.29, 1.82) is 0 Å². The van der Waals surface area contributed by atoms with Gasteiger partial charge in [-0.05, 0) is 41.1 Å². The number of anilines is 2. The van der Waals surface area contributed by atoms with Crippen LogP contribution in [0.3, 0.4) is 0 Å². The highest BCUT2D eigenvalue weighted by molar-refractivity contribution is 6.31. The third-order valence-corrected chi connectivity index (χ3v) is 3.50. The zero-order valence-electron chi connectivity index (χ0n) is 11.1. The van der Waals surface area contributed by atoms with Crippen LogP contribution in [0.15, 0.2) is 60.7 Å². The van der Waals surface area contributed by atoms with Crippen LogP contribution < -0.4 is 11.1 Å². The minimum atomic E-state index is -0.273. The molecule has 3 N–H and O–H groups in total. The molecule has 0 unspecified atom stereocenters. The first-order chi connectivity index (χ1) is 10.1. The van der Waals surface area contributed by atoms with E-state index < -0.39 is 0 Å². The molecule has 0 heterocycles. The topological polar surface area (TPSA) is 55.1 Å². The van der Waals surface area contributed by atoms with Crippen LogP contribution in [0.4, 0.5) is 11.4 Å². The lowest BCUT2D eigenvalue weighted by molar-refractivity contribution is 0.102. The monoisotopic (exact) mass is 296 g/mol. The molecule has 0 atom stereocenters. The van der Waals surface area contributed by atoms with Crippen molar-refractivity contribution in [2.45, 2.75) is 0 Å². The summed E-state index contributed by atoms with van der Waals surface area (Å²) in [6.45, 7) is 0. The second-order valence-corrected chi connectivity index (χ2v) is 5.18. The molecule has 3 aromatic rings. The van der Waals surface area contributed by atoms with Crippen LogP contribution in [0, 0.1) is 0 Å². The first kappa shape index (κ1) is 13.5. The molecule has 4 heteroatoms. The lowest BCUT2D eigenvalue weighted by Crippen LogP contribution is -2.14. The fourth-order valence-electron chi connectivity index (χ4n) is 2.19. The Morgan fingerprint density at radius 1 is 0.952 bits per heavy atom. The molecule has 104 valence electrons. The third-order valence-electron chi connectivity index (χ3n) is 3.27. The molecule has 0 fully saturated rings. The summed E-state index contributed by atoms with van der Waals surface area (Å²) >= 11 is 5.91. The predicted octanol–water partition coefficient (Wildman–Crippen LogP) is 4.33. The van der Waals surface area contributed by atoms with Gasteiger partial charge in [0.15, 0.2) is 0 Å². The van der Waals surface area contributed by atoms with Gasteiger partial charge in [-0.1, -0.05) is 41.9 Å². The summed E-state index contributed by atoms with van der Waals surface area (Å²) < 4.78 is 0. The maximum absolute atomic E-state index is 12.3. The van der Waals surface area contributed by atoms with E-state index in [1.807, 2.05) is 42.5 Å². The van der Waals surface area contributed by atoms with Crippen molar-refractivity contribution in [2.24, 2.45) is 0 Å². The van der Waals surface area contributed by atoms with Gasteiger partial charge in [-0.3, -0.25) is 4.79 Å². The van der Waals surface area contributed by atoms with E-state index in [-0.39, 0.29) is 5.91 Å². The van der Waals surface area contributed by atoms with Gasteiger partial charge >= 0.3 is 0 Å². The normalized spacial score (nSPS) is 10.5. The number of hydrogen-bond acceptors (Lipinski definition) is 2. The minimum Gasteiger partial charge on any atom is -0.398 e. The molecule has 1 amide bonds. The molecule has 3 rings (SSSR count). The fourth-order valence-corrected chi connectivity index (χ4v) is 2.36. The second-order valence-electron chi connectivity index (χ2n) is 4.75. The van der Waals surface area contributed by atoms with Gasteiger partial charge in [0.1, 0.15) is 0 Å². The van der Waals surface area contributed by atoms with Crippen LogP contribution in [-0.2, 0) is 0 Å². The molecule has 3 nitrogen and oxygen atoms in total. The van der Waals surface area contributed by atoms with E-state index in [1.54, 1.807) is 18.2 Å². The summed E-state index contributed by atoms with van der Waals surface area (Å²) in [6.07, 6.45) is 0. The standard InChI is InChI=1S/C17H13ClN2O/c18-13-6-8-16(19)15(10-13)17(21)20-14-7-5-11-3-1-2-4-12(11)9-14/h1-10H,19H2,(H,20,21). The predicted molar refractivity (Wildman–Crippen MR) is 87.8 cm³/mol. The summed E-state index contributed by atoms with van der Waals surface area (Å²) in [6, 6.07) is 18.6. The van der Waals surface area contributed by atoms with Crippen LogP contribution in [0.2, 0.25) is 5.02 Å². The number of nitrogen functional groups attached to an aromatic ring is 1. The number of halogens is 1. The van der Waals surface area contributed by atoms with Gasteiger partial charge in [0.2, 0.25) is 0 Å². The molecule has 0 aliphatic rings. The van der Waals surface area contributed by atoms with E-state index in [2.05, 4.69) is 5.32 Å². The number of benzene rings is 3. The Hall–Kier alpha value is -2.52. The Kier molecular flexibility index (Phi) is 3.50. The van der Waals surface area contributed by atoms with Crippen molar-refractivity contribution in [3.63, 3.8) is 0 Å². The van der Waals surface area contributed by atoms with Crippen LogP contribution in [0.25, 0.3) is 10.8 Å². The number of carbonyl (C=O) groups excluding carboxylic acids is 1. The van der Waals surface area contributed by atoms with Crippen LogP contribution in [0.1, 0.15) is 10.4 Å². The van der Waals surface area contributed by atoms with Crippen LogP contribution in [-0.4, -0.2) is 5.91 Å². The van der Waals surface area contributed by atoms with Gasteiger partial charge in [-0.15, -0.1) is 0 Å². The molecular formula is C17H13ClN2O. The van der Waals surface area contributed by atoms with E-state index in [1.165, 1.54) is 0 Å². The SMILES string of the molecule is Nc1ccc(Cl)cc1C(=O)Nc1ccc2ccccc2c1. The highest BCUT2D eigenvalue weighted by Gasteiger charge is 2.10. The van der Waals surface area contributed by atoms with E-state index in [9.17, 15) is 4.79 Å². The van der Waals surface area contributed by atoms with E-state index >= 15 is 0 Å². The molecule has 0 saturated carbocycles. The van der Waals surface area contributed by atoms with Crippen molar-refractivity contribution in [3.05, 3.63) is 71.2 Å². The Bertz CT molecular complexity index is 830. The van der Waals surface area contributed by atoms with Gasteiger partial charge in [0, 0.05) is 16.4 Å².